The Morgan fingerprint density at radius 1 is 1.19 bits per heavy atom. The number of carbonyl (C=O) groups is 3. The lowest BCUT2D eigenvalue weighted by molar-refractivity contribution is -0.124. The van der Waals surface area contributed by atoms with Gasteiger partial charge in [0.05, 0.1) is 11.1 Å². The molecule has 1 aliphatic rings. The zero-order valence-corrected chi connectivity index (χ0v) is 12.0. The number of imide groups is 1. The van der Waals surface area contributed by atoms with Crippen LogP contribution in [0.25, 0.3) is 0 Å². The Balaban J connectivity index is 2.04. The van der Waals surface area contributed by atoms with Crippen molar-refractivity contribution in [1.82, 2.24) is 10.2 Å². The lowest BCUT2D eigenvalue weighted by Crippen LogP contribution is -2.48. The van der Waals surface area contributed by atoms with E-state index in [1.807, 2.05) is 0 Å². The summed E-state index contributed by atoms with van der Waals surface area (Å²) < 4.78 is 0. The predicted octanol–water partition coefficient (Wildman–Crippen LogP) is 0.526. The summed E-state index contributed by atoms with van der Waals surface area (Å²) in [6, 6.07) is 5.77. The van der Waals surface area contributed by atoms with E-state index >= 15 is 0 Å². The van der Waals surface area contributed by atoms with Gasteiger partial charge in [-0.1, -0.05) is 12.1 Å². The molecule has 1 atom stereocenters. The van der Waals surface area contributed by atoms with Gasteiger partial charge in [-0.15, -0.1) is 0 Å². The number of fused-ring (bicyclic) bond motifs is 1. The van der Waals surface area contributed by atoms with Crippen LogP contribution in [0, 0.1) is 0 Å². The van der Waals surface area contributed by atoms with Gasteiger partial charge in [0.1, 0.15) is 6.04 Å². The smallest absolute Gasteiger partial charge is 0.262 e. The van der Waals surface area contributed by atoms with Crippen molar-refractivity contribution in [3.05, 3.63) is 35.4 Å². The molecule has 0 saturated heterocycles. The second kappa shape index (κ2) is 6.49. The van der Waals surface area contributed by atoms with Crippen molar-refractivity contribution in [2.24, 2.45) is 5.73 Å². The van der Waals surface area contributed by atoms with E-state index in [-0.39, 0.29) is 5.91 Å². The molecule has 1 unspecified atom stereocenters. The van der Waals surface area contributed by atoms with Gasteiger partial charge in [-0.3, -0.25) is 19.3 Å². The number of carbonyl (C=O) groups excluding carboxylic acids is 3. The van der Waals surface area contributed by atoms with Crippen LogP contribution in [0.4, 0.5) is 0 Å². The Morgan fingerprint density at radius 2 is 1.76 bits per heavy atom. The molecule has 0 radical (unpaired) electrons. The third-order valence-electron chi connectivity index (χ3n) is 3.52. The van der Waals surface area contributed by atoms with Crippen LogP contribution in [-0.2, 0) is 4.79 Å². The molecule has 2 rings (SSSR count). The van der Waals surface area contributed by atoms with Crippen LogP contribution in [0.3, 0.4) is 0 Å². The summed E-state index contributed by atoms with van der Waals surface area (Å²) in [5, 5.41) is 2.72. The first kappa shape index (κ1) is 15.2. The molecule has 21 heavy (non-hydrogen) atoms. The van der Waals surface area contributed by atoms with Gasteiger partial charge in [-0.05, 0) is 38.4 Å². The molecule has 0 aliphatic carbocycles. The van der Waals surface area contributed by atoms with E-state index in [9.17, 15) is 14.4 Å². The van der Waals surface area contributed by atoms with Crippen molar-refractivity contribution in [2.45, 2.75) is 25.8 Å². The third kappa shape index (κ3) is 2.95. The Hall–Kier alpha value is -2.21. The zero-order valence-electron chi connectivity index (χ0n) is 12.0. The van der Waals surface area contributed by atoms with Crippen molar-refractivity contribution in [1.29, 1.82) is 0 Å². The fourth-order valence-corrected chi connectivity index (χ4v) is 2.31. The molecule has 0 spiro atoms. The third-order valence-corrected chi connectivity index (χ3v) is 3.52. The summed E-state index contributed by atoms with van der Waals surface area (Å²) in [7, 11) is 0. The highest BCUT2D eigenvalue weighted by molar-refractivity contribution is 6.22. The normalized spacial score (nSPS) is 15.0. The van der Waals surface area contributed by atoms with Gasteiger partial charge in [0.2, 0.25) is 5.91 Å². The Kier molecular flexibility index (Phi) is 4.70. The Morgan fingerprint density at radius 3 is 2.29 bits per heavy atom. The van der Waals surface area contributed by atoms with E-state index in [4.69, 9.17) is 5.73 Å². The maximum atomic E-state index is 12.2. The van der Waals surface area contributed by atoms with Crippen molar-refractivity contribution >= 4 is 17.7 Å². The molecule has 6 heteroatoms. The van der Waals surface area contributed by atoms with E-state index in [1.165, 1.54) is 0 Å². The van der Waals surface area contributed by atoms with Crippen molar-refractivity contribution in [2.75, 3.05) is 13.1 Å². The van der Waals surface area contributed by atoms with Crippen LogP contribution < -0.4 is 11.1 Å². The number of nitrogens with one attached hydrogen (secondary N) is 1. The number of nitrogens with zero attached hydrogens (tertiary/aromatic N) is 1. The average molecular weight is 289 g/mol. The molecule has 3 amide bonds. The molecule has 1 heterocycles. The van der Waals surface area contributed by atoms with E-state index in [0.717, 1.165) is 17.7 Å². The molecule has 112 valence electrons. The Labute approximate surface area is 123 Å². The molecule has 1 aromatic carbocycles. The first-order chi connectivity index (χ1) is 10.1. The first-order valence-electron chi connectivity index (χ1n) is 7.02. The molecular weight excluding hydrogens is 270 g/mol. The molecular formula is C15H19N3O3. The highest BCUT2D eigenvalue weighted by atomic mass is 16.2. The number of benzene rings is 1. The minimum Gasteiger partial charge on any atom is -0.354 e. The van der Waals surface area contributed by atoms with E-state index in [1.54, 1.807) is 31.2 Å². The lowest BCUT2D eigenvalue weighted by atomic mass is 10.1. The maximum absolute atomic E-state index is 12.2. The van der Waals surface area contributed by atoms with Crippen molar-refractivity contribution < 1.29 is 14.4 Å². The molecule has 0 bridgehead atoms. The lowest BCUT2D eigenvalue weighted by Gasteiger charge is -2.21. The average Bonchev–Trinajstić information content (AvgIpc) is 2.75. The number of hydrogen-bond donors (Lipinski definition) is 2. The summed E-state index contributed by atoms with van der Waals surface area (Å²) in [5.41, 5.74) is 6.08. The van der Waals surface area contributed by atoms with Crippen LogP contribution in [-0.4, -0.2) is 41.8 Å². The second-order valence-electron chi connectivity index (χ2n) is 4.99. The van der Waals surface area contributed by atoms with Crippen LogP contribution in [0.1, 0.15) is 40.5 Å². The van der Waals surface area contributed by atoms with E-state index < -0.39 is 17.9 Å². The van der Waals surface area contributed by atoms with Gasteiger partial charge in [0.25, 0.3) is 11.8 Å². The number of unbranched alkanes of at least 4 members (excludes halogenated alkanes) is 1. The quantitative estimate of drug-likeness (QED) is 0.590. The van der Waals surface area contributed by atoms with Gasteiger partial charge in [0.15, 0.2) is 0 Å². The van der Waals surface area contributed by atoms with Gasteiger partial charge in [-0.2, -0.15) is 0 Å². The number of hydrogen-bond acceptors (Lipinski definition) is 4. The van der Waals surface area contributed by atoms with Crippen molar-refractivity contribution in [3.8, 4) is 0 Å². The van der Waals surface area contributed by atoms with Crippen LogP contribution in [0.5, 0.6) is 0 Å². The van der Waals surface area contributed by atoms with E-state index in [2.05, 4.69) is 5.32 Å². The Bertz CT molecular complexity index is 536. The SMILES string of the molecule is CC(C(=O)NCCCCN)N1C(=O)c2ccccc2C1=O. The molecule has 6 nitrogen and oxygen atoms in total. The summed E-state index contributed by atoms with van der Waals surface area (Å²) in [6.07, 6.45) is 1.60. The van der Waals surface area contributed by atoms with Crippen LogP contribution in [0.2, 0.25) is 0 Å². The highest BCUT2D eigenvalue weighted by Crippen LogP contribution is 2.24. The fourth-order valence-electron chi connectivity index (χ4n) is 2.31. The first-order valence-corrected chi connectivity index (χ1v) is 7.02. The monoisotopic (exact) mass is 289 g/mol. The van der Waals surface area contributed by atoms with Crippen LogP contribution in [0.15, 0.2) is 24.3 Å². The van der Waals surface area contributed by atoms with Crippen LogP contribution >= 0.6 is 0 Å². The summed E-state index contributed by atoms with van der Waals surface area (Å²) in [6.45, 7) is 2.62. The topological polar surface area (TPSA) is 92.5 Å². The van der Waals surface area contributed by atoms with E-state index in [0.29, 0.717) is 24.2 Å². The predicted molar refractivity (Wildman–Crippen MR) is 77.7 cm³/mol. The number of nitrogens with two attached hydrogens (primary N) is 1. The minimum atomic E-state index is -0.824. The largest absolute Gasteiger partial charge is 0.354 e. The summed E-state index contributed by atoms with van der Waals surface area (Å²) >= 11 is 0. The highest BCUT2D eigenvalue weighted by Gasteiger charge is 2.40. The van der Waals surface area contributed by atoms with Crippen molar-refractivity contribution in [3.63, 3.8) is 0 Å². The second-order valence-corrected chi connectivity index (χ2v) is 4.99. The standard InChI is InChI=1S/C15H19N3O3/c1-10(13(19)17-9-5-4-8-16)18-14(20)11-6-2-3-7-12(11)15(18)21/h2-3,6-7,10H,4-5,8-9,16H2,1H3,(H,17,19). The molecule has 0 fully saturated rings. The number of rotatable bonds is 6. The van der Waals surface area contributed by atoms with Gasteiger partial charge in [0, 0.05) is 6.54 Å². The minimum absolute atomic E-state index is 0.332. The van der Waals surface area contributed by atoms with Gasteiger partial charge in [-0.25, -0.2) is 0 Å². The van der Waals surface area contributed by atoms with Gasteiger partial charge >= 0.3 is 0 Å². The molecule has 0 saturated carbocycles. The van der Waals surface area contributed by atoms with Gasteiger partial charge < -0.3 is 11.1 Å². The maximum Gasteiger partial charge on any atom is 0.262 e. The molecule has 3 N–H and O–H groups in total. The number of amides is 3. The molecule has 1 aromatic rings. The fraction of sp³-hybridized carbons (Fsp3) is 0.400. The molecule has 1 aliphatic heterocycles. The molecule has 0 aromatic heterocycles. The summed E-state index contributed by atoms with van der Waals surface area (Å²) in [5.74, 6) is -1.16. The zero-order chi connectivity index (χ0) is 15.4. The summed E-state index contributed by atoms with van der Waals surface area (Å²) in [4.78, 5) is 37.5.